The van der Waals surface area contributed by atoms with Crippen molar-refractivity contribution in [3.8, 4) is 0 Å². The number of nitrogens with zero attached hydrogens (tertiary/aromatic N) is 1. The van der Waals surface area contributed by atoms with E-state index in [1.54, 1.807) is 29.5 Å². The Morgan fingerprint density at radius 2 is 2.10 bits per heavy atom. The van der Waals surface area contributed by atoms with Crippen LogP contribution in [0.1, 0.15) is 15.4 Å². The molecule has 0 aliphatic heterocycles. The molecule has 0 radical (unpaired) electrons. The SMILES string of the molecule is Cc1nc2ccc(NC(=O)c3cc(N)cc(Br)c3)cc2s1. The summed E-state index contributed by atoms with van der Waals surface area (Å²) in [6, 6.07) is 10.8. The molecule has 0 atom stereocenters. The van der Waals surface area contributed by atoms with Crippen LogP contribution in [0.15, 0.2) is 40.9 Å². The summed E-state index contributed by atoms with van der Waals surface area (Å²) in [5.41, 5.74) is 8.50. The van der Waals surface area contributed by atoms with Crippen LogP contribution in [-0.2, 0) is 0 Å². The van der Waals surface area contributed by atoms with Gasteiger partial charge in [-0.25, -0.2) is 4.98 Å². The molecule has 0 spiro atoms. The number of nitrogens with two attached hydrogens (primary N) is 1. The molecule has 0 saturated heterocycles. The van der Waals surface area contributed by atoms with Crippen LogP contribution in [0.25, 0.3) is 10.2 Å². The monoisotopic (exact) mass is 361 g/mol. The molecule has 21 heavy (non-hydrogen) atoms. The van der Waals surface area contributed by atoms with Crippen LogP contribution in [0.3, 0.4) is 0 Å². The quantitative estimate of drug-likeness (QED) is 0.672. The number of halogens is 1. The van der Waals surface area contributed by atoms with E-state index >= 15 is 0 Å². The van der Waals surface area contributed by atoms with Crippen molar-refractivity contribution in [1.29, 1.82) is 0 Å². The maximum absolute atomic E-state index is 12.3. The fourth-order valence-corrected chi connectivity index (χ4v) is 3.44. The fourth-order valence-electron chi connectivity index (χ4n) is 2.06. The third-order valence-corrected chi connectivity index (χ3v) is 4.33. The molecule has 1 heterocycles. The van der Waals surface area contributed by atoms with E-state index in [4.69, 9.17) is 5.73 Å². The van der Waals surface area contributed by atoms with Crippen molar-refractivity contribution in [2.75, 3.05) is 11.1 Å². The average molecular weight is 362 g/mol. The van der Waals surface area contributed by atoms with E-state index in [9.17, 15) is 4.79 Å². The molecule has 3 N–H and O–H groups in total. The van der Waals surface area contributed by atoms with Crippen LogP contribution in [0.5, 0.6) is 0 Å². The van der Waals surface area contributed by atoms with Gasteiger partial charge in [0.1, 0.15) is 0 Å². The Morgan fingerprint density at radius 3 is 2.86 bits per heavy atom. The highest BCUT2D eigenvalue weighted by atomic mass is 79.9. The number of aryl methyl sites for hydroxylation is 1. The largest absolute Gasteiger partial charge is 0.399 e. The zero-order chi connectivity index (χ0) is 15.0. The summed E-state index contributed by atoms with van der Waals surface area (Å²) in [6.07, 6.45) is 0. The van der Waals surface area contributed by atoms with E-state index in [1.165, 1.54) is 0 Å². The summed E-state index contributed by atoms with van der Waals surface area (Å²) in [5, 5.41) is 3.89. The average Bonchev–Trinajstić information content (AvgIpc) is 2.77. The molecule has 0 fully saturated rings. The summed E-state index contributed by atoms with van der Waals surface area (Å²) in [6.45, 7) is 1.97. The highest BCUT2D eigenvalue weighted by Gasteiger charge is 2.09. The highest BCUT2D eigenvalue weighted by Crippen LogP contribution is 2.25. The third-order valence-electron chi connectivity index (χ3n) is 2.94. The van der Waals surface area contributed by atoms with Gasteiger partial charge in [-0.05, 0) is 43.3 Å². The van der Waals surface area contributed by atoms with Crippen molar-refractivity contribution in [2.45, 2.75) is 6.92 Å². The van der Waals surface area contributed by atoms with E-state index in [0.717, 1.165) is 25.4 Å². The number of nitrogens with one attached hydrogen (secondary N) is 1. The number of fused-ring (bicyclic) bond motifs is 1. The van der Waals surface area contributed by atoms with Crippen molar-refractivity contribution in [1.82, 2.24) is 4.98 Å². The van der Waals surface area contributed by atoms with Crippen molar-refractivity contribution in [3.63, 3.8) is 0 Å². The Bertz CT molecular complexity index is 824. The molecule has 3 aromatic rings. The van der Waals surface area contributed by atoms with Gasteiger partial charge in [-0.3, -0.25) is 4.79 Å². The first kappa shape index (κ1) is 14.0. The Morgan fingerprint density at radius 1 is 1.29 bits per heavy atom. The Kier molecular flexibility index (Phi) is 3.65. The third kappa shape index (κ3) is 3.06. The van der Waals surface area contributed by atoms with Gasteiger partial charge in [-0.1, -0.05) is 15.9 Å². The molecule has 6 heteroatoms. The zero-order valence-electron chi connectivity index (χ0n) is 11.2. The van der Waals surface area contributed by atoms with Gasteiger partial charge in [-0.2, -0.15) is 0 Å². The molecule has 1 aromatic heterocycles. The van der Waals surface area contributed by atoms with Gasteiger partial charge in [0.2, 0.25) is 0 Å². The molecule has 106 valence electrons. The van der Waals surface area contributed by atoms with Crippen molar-refractivity contribution in [2.24, 2.45) is 0 Å². The summed E-state index contributed by atoms with van der Waals surface area (Å²) >= 11 is 4.94. The van der Waals surface area contributed by atoms with Crippen LogP contribution in [0.2, 0.25) is 0 Å². The topological polar surface area (TPSA) is 68.0 Å². The normalized spacial score (nSPS) is 10.8. The predicted molar refractivity (Wildman–Crippen MR) is 90.9 cm³/mol. The first-order valence-electron chi connectivity index (χ1n) is 6.26. The fraction of sp³-hybridized carbons (Fsp3) is 0.0667. The first-order chi connectivity index (χ1) is 10.0. The first-order valence-corrected chi connectivity index (χ1v) is 7.87. The molecule has 0 saturated carbocycles. The number of hydrogen-bond donors (Lipinski definition) is 2. The molecular formula is C15H12BrN3OS. The minimum atomic E-state index is -0.191. The molecule has 0 aliphatic rings. The van der Waals surface area contributed by atoms with Gasteiger partial charge in [0.15, 0.2) is 0 Å². The Labute approximate surface area is 134 Å². The van der Waals surface area contributed by atoms with Gasteiger partial charge in [-0.15, -0.1) is 11.3 Å². The molecular weight excluding hydrogens is 350 g/mol. The van der Waals surface area contributed by atoms with E-state index < -0.39 is 0 Å². The van der Waals surface area contributed by atoms with Crippen molar-refractivity contribution < 1.29 is 4.79 Å². The van der Waals surface area contributed by atoms with Crippen LogP contribution >= 0.6 is 27.3 Å². The van der Waals surface area contributed by atoms with Gasteiger partial charge >= 0.3 is 0 Å². The maximum atomic E-state index is 12.3. The number of aromatic nitrogens is 1. The van der Waals surface area contributed by atoms with Crippen molar-refractivity contribution >= 4 is 54.8 Å². The zero-order valence-corrected chi connectivity index (χ0v) is 13.6. The molecule has 1 amide bonds. The highest BCUT2D eigenvalue weighted by molar-refractivity contribution is 9.10. The minimum absolute atomic E-state index is 0.191. The van der Waals surface area contributed by atoms with E-state index in [1.807, 2.05) is 25.1 Å². The lowest BCUT2D eigenvalue weighted by molar-refractivity contribution is 0.102. The van der Waals surface area contributed by atoms with Gasteiger partial charge < -0.3 is 11.1 Å². The maximum Gasteiger partial charge on any atom is 0.255 e. The summed E-state index contributed by atoms with van der Waals surface area (Å²) in [7, 11) is 0. The smallest absolute Gasteiger partial charge is 0.255 e. The van der Waals surface area contributed by atoms with Gasteiger partial charge in [0, 0.05) is 21.4 Å². The van der Waals surface area contributed by atoms with Crippen LogP contribution in [0.4, 0.5) is 11.4 Å². The number of hydrogen-bond acceptors (Lipinski definition) is 4. The van der Waals surface area contributed by atoms with Crippen LogP contribution in [0, 0.1) is 6.92 Å². The standard InChI is InChI=1S/C15H12BrN3OS/c1-8-18-13-3-2-12(7-14(13)21-8)19-15(20)9-4-10(16)6-11(17)5-9/h2-7H,17H2,1H3,(H,19,20). The second-order valence-corrected chi connectivity index (χ2v) is 6.79. The second-order valence-electron chi connectivity index (χ2n) is 4.64. The molecule has 3 rings (SSSR count). The molecule has 0 unspecified atom stereocenters. The second kappa shape index (κ2) is 5.46. The molecule has 4 nitrogen and oxygen atoms in total. The summed E-state index contributed by atoms with van der Waals surface area (Å²) in [5.74, 6) is -0.191. The van der Waals surface area contributed by atoms with E-state index in [-0.39, 0.29) is 5.91 Å². The Hall–Kier alpha value is -1.92. The number of amides is 1. The number of carbonyl (C=O) groups is 1. The number of benzene rings is 2. The molecule has 2 aromatic carbocycles. The lowest BCUT2D eigenvalue weighted by Crippen LogP contribution is -2.12. The molecule has 0 bridgehead atoms. The van der Waals surface area contributed by atoms with Gasteiger partial charge in [0.25, 0.3) is 5.91 Å². The number of carbonyl (C=O) groups excluding carboxylic acids is 1. The van der Waals surface area contributed by atoms with E-state index in [2.05, 4.69) is 26.2 Å². The van der Waals surface area contributed by atoms with Gasteiger partial charge in [0.05, 0.1) is 15.2 Å². The Balaban J connectivity index is 1.88. The number of nitrogen functional groups attached to an aromatic ring is 1. The van der Waals surface area contributed by atoms with Crippen LogP contribution in [-0.4, -0.2) is 10.9 Å². The predicted octanol–water partition coefficient (Wildman–Crippen LogP) is 4.20. The molecule has 0 aliphatic carbocycles. The lowest BCUT2D eigenvalue weighted by atomic mass is 10.2. The minimum Gasteiger partial charge on any atom is -0.399 e. The number of thiazole rings is 1. The van der Waals surface area contributed by atoms with Crippen molar-refractivity contribution in [3.05, 3.63) is 51.4 Å². The summed E-state index contributed by atoms with van der Waals surface area (Å²) in [4.78, 5) is 16.7. The number of rotatable bonds is 2. The summed E-state index contributed by atoms with van der Waals surface area (Å²) < 4.78 is 1.83. The number of anilines is 2. The lowest BCUT2D eigenvalue weighted by Gasteiger charge is -2.06. The van der Waals surface area contributed by atoms with E-state index in [0.29, 0.717) is 11.3 Å². The van der Waals surface area contributed by atoms with Crippen LogP contribution < -0.4 is 11.1 Å².